The monoisotopic (exact) mass is 266 g/mol. The van der Waals surface area contributed by atoms with E-state index in [4.69, 9.17) is 0 Å². The van der Waals surface area contributed by atoms with Crippen LogP contribution in [0, 0.1) is 12.8 Å². The van der Waals surface area contributed by atoms with Gasteiger partial charge < -0.3 is 10.2 Å². The highest BCUT2D eigenvalue weighted by Gasteiger charge is 2.22. The summed E-state index contributed by atoms with van der Waals surface area (Å²) in [6.45, 7) is 5.64. The number of hydrogen-bond donors (Lipinski definition) is 1. The Bertz CT molecular complexity index is 412. The van der Waals surface area contributed by atoms with Crippen molar-refractivity contribution in [1.29, 1.82) is 0 Å². The fourth-order valence-corrected chi connectivity index (χ4v) is 2.89. The summed E-state index contributed by atoms with van der Waals surface area (Å²) in [6, 6.07) is 4.39. The van der Waals surface area contributed by atoms with Crippen molar-refractivity contribution in [1.82, 2.24) is 10.2 Å². The summed E-state index contributed by atoms with van der Waals surface area (Å²) in [5.41, 5.74) is 0. The van der Waals surface area contributed by atoms with Gasteiger partial charge in [0.2, 0.25) is 5.91 Å². The lowest BCUT2D eigenvalue weighted by Gasteiger charge is -2.24. The van der Waals surface area contributed by atoms with Crippen molar-refractivity contribution in [3.8, 4) is 0 Å². The molecule has 100 valence electrons. The predicted octanol–water partition coefficient (Wildman–Crippen LogP) is 2.58. The predicted molar refractivity (Wildman–Crippen MR) is 75.8 cm³/mol. The Labute approximate surface area is 113 Å². The van der Waals surface area contributed by atoms with Gasteiger partial charge in [0.05, 0.1) is 12.6 Å². The third kappa shape index (κ3) is 3.56. The first-order valence-electron chi connectivity index (χ1n) is 6.60. The zero-order chi connectivity index (χ0) is 13.1. The Morgan fingerprint density at radius 3 is 2.83 bits per heavy atom. The minimum absolute atomic E-state index is 0.166. The molecule has 1 aliphatic rings. The van der Waals surface area contributed by atoms with Crippen LogP contribution in [0.2, 0.25) is 0 Å². The molecular weight excluding hydrogens is 244 g/mol. The van der Waals surface area contributed by atoms with Gasteiger partial charge in [-0.3, -0.25) is 4.79 Å². The maximum absolute atomic E-state index is 12.0. The number of hydrogen-bond acceptors (Lipinski definition) is 3. The van der Waals surface area contributed by atoms with Crippen LogP contribution in [0.1, 0.15) is 35.6 Å². The molecular formula is C14H22N2OS. The molecule has 1 aromatic rings. The van der Waals surface area contributed by atoms with Gasteiger partial charge in [0.1, 0.15) is 0 Å². The van der Waals surface area contributed by atoms with E-state index in [1.807, 2.05) is 11.9 Å². The number of carbonyl (C=O) groups excluding carboxylic acids is 1. The van der Waals surface area contributed by atoms with E-state index in [2.05, 4.69) is 31.3 Å². The second-order valence-electron chi connectivity index (χ2n) is 5.20. The SMILES string of the molecule is Cc1ccc(C(C)N(C)C(=O)CNCC2CC2)s1. The zero-order valence-corrected chi connectivity index (χ0v) is 12.2. The number of rotatable bonds is 6. The first kappa shape index (κ1) is 13.6. The van der Waals surface area contributed by atoms with Crippen molar-refractivity contribution >= 4 is 17.2 Å². The minimum Gasteiger partial charge on any atom is -0.337 e. The van der Waals surface area contributed by atoms with Crippen LogP contribution in [0.4, 0.5) is 0 Å². The maximum atomic E-state index is 12.0. The summed E-state index contributed by atoms with van der Waals surface area (Å²) in [5.74, 6) is 0.995. The average Bonchev–Trinajstić information content (AvgIpc) is 3.07. The van der Waals surface area contributed by atoms with Crippen LogP contribution in [0.15, 0.2) is 12.1 Å². The molecule has 4 heteroatoms. The van der Waals surface area contributed by atoms with E-state index in [0.29, 0.717) is 6.54 Å². The van der Waals surface area contributed by atoms with E-state index in [1.54, 1.807) is 11.3 Å². The molecule has 1 heterocycles. The molecule has 0 aliphatic heterocycles. The second-order valence-corrected chi connectivity index (χ2v) is 6.52. The number of nitrogens with one attached hydrogen (secondary N) is 1. The lowest BCUT2D eigenvalue weighted by Crippen LogP contribution is -2.37. The number of amides is 1. The van der Waals surface area contributed by atoms with Gasteiger partial charge in [-0.25, -0.2) is 0 Å². The largest absolute Gasteiger partial charge is 0.337 e. The summed E-state index contributed by atoms with van der Waals surface area (Å²) in [7, 11) is 1.89. The van der Waals surface area contributed by atoms with Crippen molar-refractivity contribution in [3.63, 3.8) is 0 Å². The van der Waals surface area contributed by atoms with Crippen molar-refractivity contribution in [2.75, 3.05) is 20.1 Å². The number of thiophene rings is 1. The van der Waals surface area contributed by atoms with Crippen molar-refractivity contribution in [3.05, 3.63) is 21.9 Å². The molecule has 1 amide bonds. The highest BCUT2D eigenvalue weighted by Crippen LogP contribution is 2.28. The fraction of sp³-hybridized carbons (Fsp3) is 0.643. The van der Waals surface area contributed by atoms with Crippen LogP contribution in [0.25, 0.3) is 0 Å². The molecule has 1 aliphatic carbocycles. The van der Waals surface area contributed by atoms with Gasteiger partial charge >= 0.3 is 0 Å². The Kier molecular flexibility index (Phi) is 4.40. The first-order chi connectivity index (χ1) is 8.58. The van der Waals surface area contributed by atoms with Gasteiger partial charge in [-0.2, -0.15) is 0 Å². The second kappa shape index (κ2) is 5.85. The van der Waals surface area contributed by atoms with Crippen LogP contribution >= 0.6 is 11.3 Å². The lowest BCUT2D eigenvalue weighted by molar-refractivity contribution is -0.130. The summed E-state index contributed by atoms with van der Waals surface area (Å²) < 4.78 is 0. The summed E-state index contributed by atoms with van der Waals surface area (Å²) in [4.78, 5) is 16.4. The molecule has 1 atom stereocenters. The highest BCUT2D eigenvalue weighted by atomic mass is 32.1. The number of nitrogens with zero attached hydrogens (tertiary/aromatic N) is 1. The van der Waals surface area contributed by atoms with E-state index in [-0.39, 0.29) is 11.9 Å². The number of carbonyl (C=O) groups is 1. The molecule has 2 rings (SSSR count). The molecule has 1 fully saturated rings. The highest BCUT2D eigenvalue weighted by molar-refractivity contribution is 7.12. The number of aryl methyl sites for hydroxylation is 1. The molecule has 0 saturated heterocycles. The van der Waals surface area contributed by atoms with E-state index < -0.39 is 0 Å². The average molecular weight is 266 g/mol. The standard InChI is InChI=1S/C14H22N2OS/c1-10-4-7-13(18-10)11(2)16(3)14(17)9-15-8-12-5-6-12/h4,7,11-12,15H,5-6,8-9H2,1-3H3. The summed E-state index contributed by atoms with van der Waals surface area (Å²) >= 11 is 1.77. The Morgan fingerprint density at radius 1 is 1.56 bits per heavy atom. The van der Waals surface area contributed by atoms with Crippen LogP contribution in [-0.4, -0.2) is 30.9 Å². The van der Waals surface area contributed by atoms with Crippen molar-refractivity contribution in [2.24, 2.45) is 5.92 Å². The smallest absolute Gasteiger partial charge is 0.236 e. The van der Waals surface area contributed by atoms with Gasteiger partial charge in [-0.05, 0) is 51.3 Å². The molecule has 0 aromatic carbocycles. The Hall–Kier alpha value is -0.870. The van der Waals surface area contributed by atoms with E-state index >= 15 is 0 Å². The van der Waals surface area contributed by atoms with Gasteiger partial charge in [-0.15, -0.1) is 11.3 Å². The molecule has 1 N–H and O–H groups in total. The van der Waals surface area contributed by atoms with E-state index in [0.717, 1.165) is 12.5 Å². The fourth-order valence-electron chi connectivity index (χ4n) is 1.91. The van der Waals surface area contributed by atoms with Crippen molar-refractivity contribution < 1.29 is 4.79 Å². The summed E-state index contributed by atoms with van der Waals surface area (Å²) in [5, 5.41) is 3.25. The molecule has 1 aromatic heterocycles. The van der Waals surface area contributed by atoms with Crippen LogP contribution in [-0.2, 0) is 4.79 Å². The quantitative estimate of drug-likeness (QED) is 0.858. The molecule has 0 bridgehead atoms. The molecule has 1 saturated carbocycles. The zero-order valence-electron chi connectivity index (χ0n) is 11.4. The van der Waals surface area contributed by atoms with Crippen molar-refractivity contribution in [2.45, 2.75) is 32.7 Å². The Balaban J connectivity index is 1.80. The third-order valence-corrected chi connectivity index (χ3v) is 4.72. The van der Waals surface area contributed by atoms with Gasteiger partial charge in [0, 0.05) is 16.8 Å². The lowest BCUT2D eigenvalue weighted by atomic mass is 10.2. The number of likely N-dealkylation sites (N-methyl/N-ethyl adjacent to an activating group) is 1. The van der Waals surface area contributed by atoms with Crippen LogP contribution in [0.5, 0.6) is 0 Å². The van der Waals surface area contributed by atoms with Gasteiger partial charge in [0.25, 0.3) is 0 Å². The molecule has 1 unspecified atom stereocenters. The summed E-state index contributed by atoms with van der Waals surface area (Å²) in [6.07, 6.45) is 2.64. The maximum Gasteiger partial charge on any atom is 0.236 e. The molecule has 18 heavy (non-hydrogen) atoms. The molecule has 0 spiro atoms. The van der Waals surface area contributed by atoms with Crippen LogP contribution < -0.4 is 5.32 Å². The minimum atomic E-state index is 0.166. The normalized spacial score (nSPS) is 16.6. The molecule has 0 radical (unpaired) electrons. The van der Waals surface area contributed by atoms with Crippen LogP contribution in [0.3, 0.4) is 0 Å². The Morgan fingerprint density at radius 2 is 2.28 bits per heavy atom. The van der Waals surface area contributed by atoms with E-state index in [1.165, 1.54) is 22.6 Å². The topological polar surface area (TPSA) is 32.3 Å². The third-order valence-electron chi connectivity index (χ3n) is 3.55. The van der Waals surface area contributed by atoms with Gasteiger partial charge in [-0.1, -0.05) is 0 Å². The first-order valence-corrected chi connectivity index (χ1v) is 7.42. The molecule has 3 nitrogen and oxygen atoms in total. The van der Waals surface area contributed by atoms with Gasteiger partial charge in [0.15, 0.2) is 0 Å². The van der Waals surface area contributed by atoms with E-state index in [9.17, 15) is 4.79 Å².